The van der Waals surface area contributed by atoms with Crippen LogP contribution in [-0.4, -0.2) is 18.4 Å². The van der Waals surface area contributed by atoms with Gasteiger partial charge < -0.3 is 10.1 Å². The molecule has 0 aromatic heterocycles. The number of anilines is 1. The van der Waals surface area contributed by atoms with Crippen molar-refractivity contribution >= 4 is 35.2 Å². The molecule has 0 radical (unpaired) electrons. The zero-order valence-corrected chi connectivity index (χ0v) is 21.1. The molecule has 3 aromatic carbocycles. The van der Waals surface area contributed by atoms with Crippen LogP contribution in [0.3, 0.4) is 0 Å². The van der Waals surface area contributed by atoms with Gasteiger partial charge in [0.05, 0.1) is 5.69 Å². The van der Waals surface area contributed by atoms with Gasteiger partial charge >= 0.3 is 0 Å². The Hall–Kier alpha value is -3.57. The van der Waals surface area contributed by atoms with Crippen LogP contribution in [0, 0.1) is 6.92 Å². The van der Waals surface area contributed by atoms with Crippen LogP contribution in [-0.2, 0) is 21.5 Å². The second-order valence-corrected chi connectivity index (χ2v) is 10.2. The first-order valence-corrected chi connectivity index (χ1v) is 11.9. The Balaban J connectivity index is 1.62. The van der Waals surface area contributed by atoms with Crippen molar-refractivity contribution in [3.05, 3.63) is 99.8 Å². The normalized spacial score (nSPS) is 14.5. The highest BCUT2D eigenvalue weighted by Gasteiger charge is 2.33. The van der Waals surface area contributed by atoms with Gasteiger partial charge in [-0.05, 0) is 59.4 Å². The molecule has 0 aliphatic carbocycles. The summed E-state index contributed by atoms with van der Waals surface area (Å²) in [5.41, 5.74) is 4.43. The molecule has 3 aromatic rings. The van der Waals surface area contributed by atoms with Crippen LogP contribution < -0.4 is 15.0 Å². The van der Waals surface area contributed by atoms with Crippen molar-refractivity contribution in [2.24, 2.45) is 0 Å². The number of carbonyl (C=O) groups is 2. The fourth-order valence-corrected chi connectivity index (χ4v) is 3.88. The first-order chi connectivity index (χ1) is 16.6. The second kappa shape index (κ2) is 9.96. The van der Waals surface area contributed by atoms with Gasteiger partial charge in [-0.25, -0.2) is 0 Å². The Bertz CT molecular complexity index is 1270. The standard InChI is InChI=1S/C29H29ClN2O3/c1-19-5-7-21(8-6-19)17-31-27(33)18-32-24-16-22(29(2,3)4)11-14-25(24)35-26(28(32)34)15-20-9-12-23(30)13-10-20/h5-16H,17-18H2,1-4H3,(H,31,33). The monoisotopic (exact) mass is 488 g/mol. The van der Waals surface area contributed by atoms with Crippen LogP contribution in [0.2, 0.25) is 5.02 Å². The Morgan fingerprint density at radius 3 is 2.37 bits per heavy atom. The molecule has 1 N–H and O–H groups in total. The Morgan fingerprint density at radius 2 is 1.71 bits per heavy atom. The summed E-state index contributed by atoms with van der Waals surface area (Å²) in [4.78, 5) is 27.9. The Kier molecular flexibility index (Phi) is 6.99. The predicted octanol–water partition coefficient (Wildman–Crippen LogP) is 6.03. The van der Waals surface area contributed by atoms with Gasteiger partial charge in [0.15, 0.2) is 11.5 Å². The highest BCUT2D eigenvalue weighted by molar-refractivity contribution is 6.30. The van der Waals surface area contributed by atoms with Gasteiger partial charge in [0, 0.05) is 11.6 Å². The van der Waals surface area contributed by atoms with Crippen molar-refractivity contribution in [1.29, 1.82) is 0 Å². The molecule has 1 aliphatic heterocycles. The third-order valence-corrected chi connectivity index (χ3v) is 6.12. The van der Waals surface area contributed by atoms with Crippen LogP contribution in [0.5, 0.6) is 5.75 Å². The van der Waals surface area contributed by atoms with Crippen LogP contribution in [0.15, 0.2) is 72.5 Å². The number of carbonyl (C=O) groups excluding carboxylic acids is 2. The second-order valence-electron chi connectivity index (χ2n) is 9.75. The summed E-state index contributed by atoms with van der Waals surface area (Å²) < 4.78 is 6.00. The van der Waals surface area contributed by atoms with E-state index in [-0.39, 0.29) is 29.5 Å². The zero-order valence-electron chi connectivity index (χ0n) is 20.4. The van der Waals surface area contributed by atoms with Crippen molar-refractivity contribution in [2.45, 2.75) is 39.7 Å². The molecule has 0 atom stereocenters. The molecule has 5 nitrogen and oxygen atoms in total. The molecular formula is C29H29ClN2O3. The first-order valence-electron chi connectivity index (χ1n) is 11.5. The third-order valence-electron chi connectivity index (χ3n) is 5.87. The zero-order chi connectivity index (χ0) is 25.2. The fourth-order valence-electron chi connectivity index (χ4n) is 3.75. The first kappa shape index (κ1) is 24.6. The van der Waals surface area contributed by atoms with E-state index in [2.05, 4.69) is 26.1 Å². The lowest BCUT2D eigenvalue weighted by atomic mass is 9.86. The van der Waals surface area contributed by atoms with Crippen LogP contribution in [0.1, 0.15) is 43.0 Å². The van der Waals surface area contributed by atoms with E-state index >= 15 is 0 Å². The topological polar surface area (TPSA) is 58.6 Å². The average molecular weight is 489 g/mol. The lowest BCUT2D eigenvalue weighted by molar-refractivity contribution is -0.123. The molecule has 0 unspecified atom stereocenters. The van der Waals surface area contributed by atoms with Gasteiger partial charge in [-0.15, -0.1) is 0 Å². The van der Waals surface area contributed by atoms with E-state index in [1.807, 2.05) is 61.5 Å². The van der Waals surface area contributed by atoms with E-state index in [1.54, 1.807) is 18.2 Å². The number of rotatable bonds is 5. The number of nitrogens with zero attached hydrogens (tertiary/aromatic N) is 1. The maximum atomic E-state index is 13.5. The molecule has 0 saturated heterocycles. The molecule has 6 heteroatoms. The molecule has 1 heterocycles. The SMILES string of the molecule is Cc1ccc(CNC(=O)CN2C(=O)C(=Cc3ccc(Cl)cc3)Oc3ccc(C(C)(C)C)cc32)cc1. The number of ether oxygens (including phenoxy) is 1. The van der Waals surface area contributed by atoms with Crippen LogP contribution in [0.4, 0.5) is 5.69 Å². The summed E-state index contributed by atoms with van der Waals surface area (Å²) >= 11 is 5.99. The molecule has 1 aliphatic rings. The van der Waals surface area contributed by atoms with E-state index in [9.17, 15) is 9.59 Å². The lowest BCUT2D eigenvalue weighted by Gasteiger charge is -2.32. The van der Waals surface area contributed by atoms with Gasteiger partial charge in [0.2, 0.25) is 5.91 Å². The van der Waals surface area contributed by atoms with Gasteiger partial charge in [0.25, 0.3) is 5.91 Å². The number of benzene rings is 3. The Morgan fingerprint density at radius 1 is 1.03 bits per heavy atom. The molecule has 0 bridgehead atoms. The minimum Gasteiger partial charge on any atom is -0.449 e. The van der Waals surface area contributed by atoms with Crippen molar-refractivity contribution in [3.8, 4) is 5.75 Å². The molecule has 2 amide bonds. The van der Waals surface area contributed by atoms with Gasteiger partial charge in [-0.2, -0.15) is 0 Å². The average Bonchev–Trinajstić information content (AvgIpc) is 2.82. The molecular weight excluding hydrogens is 460 g/mol. The number of fused-ring (bicyclic) bond motifs is 1. The number of nitrogens with one attached hydrogen (secondary N) is 1. The lowest BCUT2D eigenvalue weighted by Crippen LogP contribution is -2.44. The van der Waals surface area contributed by atoms with Crippen molar-refractivity contribution in [1.82, 2.24) is 5.32 Å². The smallest absolute Gasteiger partial charge is 0.294 e. The highest BCUT2D eigenvalue weighted by Crippen LogP contribution is 2.39. The minimum absolute atomic E-state index is 0.118. The number of hydrogen-bond donors (Lipinski definition) is 1. The van der Waals surface area contributed by atoms with Gasteiger partial charge in [-0.1, -0.05) is 80.4 Å². The van der Waals surface area contributed by atoms with E-state index in [0.29, 0.717) is 23.0 Å². The number of amides is 2. The summed E-state index contributed by atoms with van der Waals surface area (Å²) in [6.45, 7) is 8.59. The summed E-state index contributed by atoms with van der Waals surface area (Å²) in [5.74, 6) is 0.0570. The fraction of sp³-hybridized carbons (Fsp3) is 0.241. The molecule has 35 heavy (non-hydrogen) atoms. The summed E-state index contributed by atoms with van der Waals surface area (Å²) in [5, 5.41) is 3.53. The molecule has 0 spiro atoms. The summed E-state index contributed by atoms with van der Waals surface area (Å²) in [6.07, 6.45) is 1.66. The third kappa shape index (κ3) is 5.92. The van der Waals surface area contributed by atoms with Crippen molar-refractivity contribution in [2.75, 3.05) is 11.4 Å². The maximum absolute atomic E-state index is 13.5. The predicted molar refractivity (Wildman–Crippen MR) is 141 cm³/mol. The van der Waals surface area contributed by atoms with Crippen LogP contribution in [0.25, 0.3) is 6.08 Å². The van der Waals surface area contributed by atoms with Gasteiger partial charge in [0.1, 0.15) is 6.54 Å². The number of aryl methyl sites for hydroxylation is 1. The molecule has 4 rings (SSSR count). The van der Waals surface area contributed by atoms with E-state index in [4.69, 9.17) is 16.3 Å². The van der Waals surface area contributed by atoms with Crippen molar-refractivity contribution in [3.63, 3.8) is 0 Å². The maximum Gasteiger partial charge on any atom is 0.294 e. The summed E-state index contributed by atoms with van der Waals surface area (Å²) in [6, 6.07) is 20.9. The number of hydrogen-bond acceptors (Lipinski definition) is 3. The van der Waals surface area contributed by atoms with Crippen LogP contribution >= 0.6 is 11.6 Å². The summed E-state index contributed by atoms with van der Waals surface area (Å²) in [7, 11) is 0. The molecule has 0 saturated carbocycles. The van der Waals surface area contributed by atoms with E-state index < -0.39 is 0 Å². The van der Waals surface area contributed by atoms with E-state index in [1.165, 1.54) is 4.90 Å². The minimum atomic E-state index is -0.371. The molecule has 180 valence electrons. The van der Waals surface area contributed by atoms with E-state index in [0.717, 1.165) is 22.3 Å². The van der Waals surface area contributed by atoms with Crippen molar-refractivity contribution < 1.29 is 14.3 Å². The Labute approximate surface area is 211 Å². The van der Waals surface area contributed by atoms with Gasteiger partial charge in [-0.3, -0.25) is 14.5 Å². The number of halogens is 1. The highest BCUT2D eigenvalue weighted by atomic mass is 35.5. The quantitative estimate of drug-likeness (QED) is 0.446. The molecule has 0 fully saturated rings. The largest absolute Gasteiger partial charge is 0.449 e.